The summed E-state index contributed by atoms with van der Waals surface area (Å²) in [6, 6.07) is 3.81. The molecule has 0 atom stereocenters. The second-order valence-electron chi connectivity index (χ2n) is 3.34. The number of hydrogen-bond donors (Lipinski definition) is 0. The molecular formula is C11H11NO6. The predicted molar refractivity (Wildman–Crippen MR) is 60.4 cm³/mol. The van der Waals surface area contributed by atoms with Gasteiger partial charge in [-0.3, -0.25) is 14.9 Å². The Balaban J connectivity index is 2.99. The average Bonchev–Trinajstić information content (AvgIpc) is 2.37. The summed E-state index contributed by atoms with van der Waals surface area (Å²) in [7, 11) is 2.43. The summed E-state index contributed by atoms with van der Waals surface area (Å²) >= 11 is 0. The summed E-state index contributed by atoms with van der Waals surface area (Å²) in [4.78, 5) is 32.3. The number of rotatable bonds is 5. The molecule has 0 bridgehead atoms. The Morgan fingerprint density at radius 2 is 2.00 bits per heavy atom. The Kier molecular flexibility index (Phi) is 4.36. The highest BCUT2D eigenvalue weighted by molar-refractivity contribution is 6.34. The largest absolute Gasteiger partial charge is 0.496 e. The number of hydrogen-bond acceptors (Lipinski definition) is 6. The minimum atomic E-state index is -0.963. The van der Waals surface area contributed by atoms with E-state index < -0.39 is 16.7 Å². The molecule has 0 radical (unpaired) electrons. The maximum atomic E-state index is 11.4. The van der Waals surface area contributed by atoms with Gasteiger partial charge in [0.1, 0.15) is 5.75 Å². The molecule has 0 saturated carbocycles. The highest BCUT2D eigenvalue weighted by Gasteiger charge is 2.18. The number of non-ortho nitro benzene ring substituents is 1. The van der Waals surface area contributed by atoms with E-state index in [1.807, 2.05) is 0 Å². The Labute approximate surface area is 102 Å². The molecule has 0 saturated heterocycles. The molecule has 0 N–H and O–H groups in total. The molecule has 0 spiro atoms. The summed E-state index contributed by atoms with van der Waals surface area (Å²) in [6.07, 6.45) is -0.228. The van der Waals surface area contributed by atoms with E-state index in [4.69, 9.17) is 4.74 Å². The van der Waals surface area contributed by atoms with Gasteiger partial charge in [0, 0.05) is 18.1 Å². The van der Waals surface area contributed by atoms with Crippen molar-refractivity contribution in [1.82, 2.24) is 0 Å². The van der Waals surface area contributed by atoms with Crippen LogP contribution in [0.3, 0.4) is 0 Å². The van der Waals surface area contributed by atoms with Crippen molar-refractivity contribution in [2.75, 3.05) is 14.2 Å². The first-order chi connectivity index (χ1) is 8.49. The maximum absolute atomic E-state index is 11.4. The molecule has 1 aromatic carbocycles. The average molecular weight is 253 g/mol. The van der Waals surface area contributed by atoms with Crippen LogP contribution in [0.4, 0.5) is 5.69 Å². The number of ketones is 1. The number of esters is 1. The number of nitro groups is 1. The predicted octanol–water partition coefficient (Wildman–Crippen LogP) is 0.888. The first kappa shape index (κ1) is 13.6. The summed E-state index contributed by atoms with van der Waals surface area (Å²) in [5, 5.41) is 10.6. The van der Waals surface area contributed by atoms with E-state index in [1.165, 1.54) is 25.3 Å². The van der Waals surface area contributed by atoms with Crippen LogP contribution in [-0.4, -0.2) is 30.9 Å². The number of nitrogens with zero attached hydrogens (tertiary/aromatic N) is 1. The summed E-state index contributed by atoms with van der Waals surface area (Å²) in [5.41, 5.74) is 0.236. The van der Waals surface area contributed by atoms with Gasteiger partial charge in [0.2, 0.25) is 5.78 Å². The molecule has 7 nitrogen and oxygen atoms in total. The number of benzene rings is 1. The highest BCUT2D eigenvalue weighted by atomic mass is 16.6. The third-order valence-corrected chi connectivity index (χ3v) is 2.25. The molecule has 0 heterocycles. The fraction of sp³-hybridized carbons (Fsp3) is 0.273. The van der Waals surface area contributed by atoms with Gasteiger partial charge in [-0.25, -0.2) is 4.79 Å². The highest BCUT2D eigenvalue weighted by Crippen LogP contribution is 2.25. The molecule has 96 valence electrons. The lowest BCUT2D eigenvalue weighted by atomic mass is 10.1. The van der Waals surface area contributed by atoms with Gasteiger partial charge in [-0.1, -0.05) is 0 Å². The first-order valence-electron chi connectivity index (χ1n) is 4.92. The molecule has 1 rings (SSSR count). The van der Waals surface area contributed by atoms with Crippen molar-refractivity contribution in [1.29, 1.82) is 0 Å². The van der Waals surface area contributed by atoms with Crippen LogP contribution in [0, 0.1) is 10.1 Å². The lowest BCUT2D eigenvalue weighted by Gasteiger charge is -2.06. The van der Waals surface area contributed by atoms with E-state index in [9.17, 15) is 19.7 Å². The Morgan fingerprint density at radius 1 is 1.33 bits per heavy atom. The Hall–Kier alpha value is -2.44. The monoisotopic (exact) mass is 253 g/mol. The van der Waals surface area contributed by atoms with Crippen molar-refractivity contribution in [3.05, 3.63) is 33.9 Å². The zero-order valence-corrected chi connectivity index (χ0v) is 9.84. The Bertz CT molecular complexity index is 496. The van der Waals surface area contributed by atoms with Crippen LogP contribution in [0.25, 0.3) is 0 Å². The molecule has 0 amide bonds. The summed E-state index contributed by atoms with van der Waals surface area (Å²) in [5.74, 6) is -1.53. The molecule has 0 aromatic heterocycles. The van der Waals surface area contributed by atoms with Gasteiger partial charge in [0.05, 0.1) is 25.2 Å². The third-order valence-electron chi connectivity index (χ3n) is 2.25. The number of methoxy groups -OCH3 is 2. The summed E-state index contributed by atoms with van der Waals surface area (Å²) in [6.45, 7) is 0. The molecule has 0 aliphatic rings. The second kappa shape index (κ2) is 5.76. The molecule has 1 aromatic rings. The van der Waals surface area contributed by atoms with Crippen LogP contribution in [0.1, 0.15) is 5.56 Å². The van der Waals surface area contributed by atoms with Crippen molar-refractivity contribution in [2.45, 2.75) is 6.42 Å². The maximum Gasteiger partial charge on any atom is 0.374 e. The normalized spacial score (nSPS) is 9.67. The van der Waals surface area contributed by atoms with Crippen molar-refractivity contribution in [3.63, 3.8) is 0 Å². The second-order valence-corrected chi connectivity index (χ2v) is 3.34. The van der Waals surface area contributed by atoms with Gasteiger partial charge < -0.3 is 9.47 Å². The minimum absolute atomic E-state index is 0.152. The van der Waals surface area contributed by atoms with Crippen LogP contribution in [-0.2, 0) is 20.7 Å². The van der Waals surface area contributed by atoms with E-state index in [1.54, 1.807) is 0 Å². The number of carbonyl (C=O) groups excluding carboxylic acids is 2. The molecular weight excluding hydrogens is 242 g/mol. The standard InChI is InChI=1S/C11H11NO6/c1-17-10-6-8(12(15)16)4-3-7(10)5-9(13)11(14)18-2/h3-4,6H,5H2,1-2H3. The quantitative estimate of drug-likeness (QED) is 0.334. The number of carbonyl (C=O) groups is 2. The van der Waals surface area contributed by atoms with Crippen LogP contribution in [0.2, 0.25) is 0 Å². The van der Waals surface area contributed by atoms with E-state index in [2.05, 4.69) is 4.74 Å². The zero-order chi connectivity index (χ0) is 13.7. The van der Waals surface area contributed by atoms with Crippen molar-refractivity contribution < 1.29 is 24.0 Å². The smallest absolute Gasteiger partial charge is 0.374 e. The fourth-order valence-electron chi connectivity index (χ4n) is 1.35. The van der Waals surface area contributed by atoms with Gasteiger partial charge >= 0.3 is 5.97 Å². The molecule has 0 unspecified atom stereocenters. The number of ether oxygens (including phenoxy) is 2. The van der Waals surface area contributed by atoms with Crippen LogP contribution in [0.15, 0.2) is 18.2 Å². The van der Waals surface area contributed by atoms with Gasteiger partial charge in [-0.05, 0) is 6.07 Å². The third kappa shape index (κ3) is 3.03. The number of Topliss-reactive ketones (excluding diaryl/α,β-unsaturated/α-hetero) is 1. The van der Waals surface area contributed by atoms with Crippen LogP contribution in [0.5, 0.6) is 5.75 Å². The van der Waals surface area contributed by atoms with Gasteiger partial charge in [-0.2, -0.15) is 0 Å². The van der Waals surface area contributed by atoms with Crippen molar-refractivity contribution >= 4 is 17.4 Å². The van der Waals surface area contributed by atoms with Crippen LogP contribution >= 0.6 is 0 Å². The topological polar surface area (TPSA) is 95.7 Å². The molecule has 18 heavy (non-hydrogen) atoms. The Morgan fingerprint density at radius 3 is 2.50 bits per heavy atom. The van der Waals surface area contributed by atoms with Crippen molar-refractivity contribution in [3.8, 4) is 5.75 Å². The van der Waals surface area contributed by atoms with Gasteiger partial charge in [0.25, 0.3) is 5.69 Å². The molecule has 0 aliphatic heterocycles. The fourth-order valence-corrected chi connectivity index (χ4v) is 1.35. The minimum Gasteiger partial charge on any atom is -0.496 e. The van der Waals surface area contributed by atoms with Crippen molar-refractivity contribution in [2.24, 2.45) is 0 Å². The first-order valence-corrected chi connectivity index (χ1v) is 4.92. The molecule has 0 aliphatic carbocycles. The number of nitro benzene ring substituents is 1. The SMILES string of the molecule is COC(=O)C(=O)Cc1ccc([N+](=O)[O-])cc1OC. The lowest BCUT2D eigenvalue weighted by Crippen LogP contribution is -2.18. The zero-order valence-electron chi connectivity index (χ0n) is 9.84. The van der Waals surface area contributed by atoms with E-state index in [0.29, 0.717) is 5.56 Å². The van der Waals surface area contributed by atoms with E-state index >= 15 is 0 Å². The van der Waals surface area contributed by atoms with E-state index in [-0.39, 0.29) is 17.9 Å². The van der Waals surface area contributed by atoms with E-state index in [0.717, 1.165) is 7.11 Å². The van der Waals surface area contributed by atoms with Gasteiger partial charge in [0.15, 0.2) is 0 Å². The van der Waals surface area contributed by atoms with Gasteiger partial charge in [-0.15, -0.1) is 0 Å². The lowest BCUT2D eigenvalue weighted by molar-refractivity contribution is -0.384. The van der Waals surface area contributed by atoms with Crippen LogP contribution < -0.4 is 4.74 Å². The summed E-state index contributed by atoms with van der Waals surface area (Å²) < 4.78 is 9.22. The molecule has 0 fully saturated rings. The molecule has 7 heteroatoms.